The van der Waals surface area contributed by atoms with E-state index in [0.29, 0.717) is 19.6 Å². The first kappa shape index (κ1) is 19.9. The second-order valence-corrected chi connectivity index (χ2v) is 7.45. The van der Waals surface area contributed by atoms with Gasteiger partial charge in [-0.1, -0.05) is 23.8 Å². The van der Waals surface area contributed by atoms with Crippen LogP contribution in [0.25, 0.3) is 0 Å². The van der Waals surface area contributed by atoms with Crippen molar-refractivity contribution in [1.82, 2.24) is 10.2 Å². The van der Waals surface area contributed by atoms with E-state index in [0.717, 1.165) is 37.4 Å². The van der Waals surface area contributed by atoms with E-state index in [9.17, 15) is 4.79 Å². The zero-order valence-electron chi connectivity index (χ0n) is 16.4. The molecule has 5 heteroatoms. The minimum absolute atomic E-state index is 0.124. The normalized spacial score (nSPS) is 20.0. The number of carbonyl (C=O) groups is 1. The number of benzene rings is 1. The standard InChI is InChI=1S/C22H32N2O3/c1-26-21-9-7-19(8-10-21)16-24(13-11-18-5-3-2-4-6-18)22(25)15-20-17-27-14-12-23-20/h5,7-10,20,23H,2-4,6,11-17H2,1H3/t20-/m1/s1. The van der Waals surface area contributed by atoms with Gasteiger partial charge in [-0.2, -0.15) is 0 Å². The second-order valence-electron chi connectivity index (χ2n) is 7.45. The number of hydrogen-bond acceptors (Lipinski definition) is 4. The summed E-state index contributed by atoms with van der Waals surface area (Å²) in [4.78, 5) is 15.0. The molecule has 0 saturated carbocycles. The number of nitrogens with zero attached hydrogens (tertiary/aromatic N) is 1. The molecule has 1 N–H and O–H groups in total. The highest BCUT2D eigenvalue weighted by Gasteiger charge is 2.21. The number of ether oxygens (including phenoxy) is 2. The molecule has 1 heterocycles. The van der Waals surface area contributed by atoms with Gasteiger partial charge in [0.2, 0.25) is 5.91 Å². The van der Waals surface area contributed by atoms with Crippen LogP contribution in [0.2, 0.25) is 0 Å². The first-order valence-electron chi connectivity index (χ1n) is 10.1. The van der Waals surface area contributed by atoms with Crippen LogP contribution >= 0.6 is 0 Å². The number of morpholine rings is 1. The molecule has 1 saturated heterocycles. The topological polar surface area (TPSA) is 50.8 Å². The smallest absolute Gasteiger partial charge is 0.224 e. The zero-order chi connectivity index (χ0) is 18.9. The third kappa shape index (κ3) is 6.36. The van der Waals surface area contributed by atoms with Crippen molar-refractivity contribution in [3.63, 3.8) is 0 Å². The molecule has 1 fully saturated rings. The quantitative estimate of drug-likeness (QED) is 0.712. The fourth-order valence-electron chi connectivity index (χ4n) is 3.74. The predicted octanol–water partition coefficient (Wildman–Crippen LogP) is 3.29. The average molecular weight is 373 g/mol. The lowest BCUT2D eigenvalue weighted by atomic mass is 9.97. The summed E-state index contributed by atoms with van der Waals surface area (Å²) in [5.41, 5.74) is 2.64. The molecule has 5 nitrogen and oxygen atoms in total. The molecule has 3 rings (SSSR count). The van der Waals surface area contributed by atoms with Crippen LogP contribution < -0.4 is 10.1 Å². The molecule has 0 radical (unpaired) electrons. The van der Waals surface area contributed by atoms with E-state index in [2.05, 4.69) is 11.4 Å². The molecule has 1 aromatic carbocycles. The minimum Gasteiger partial charge on any atom is -0.497 e. The summed E-state index contributed by atoms with van der Waals surface area (Å²) in [7, 11) is 1.67. The maximum atomic E-state index is 13.0. The molecule has 0 spiro atoms. The van der Waals surface area contributed by atoms with Crippen LogP contribution in [0, 0.1) is 0 Å². The van der Waals surface area contributed by atoms with Gasteiger partial charge in [-0.15, -0.1) is 0 Å². The first-order chi connectivity index (χ1) is 13.2. The fourth-order valence-corrected chi connectivity index (χ4v) is 3.74. The second kappa shape index (κ2) is 10.5. The van der Waals surface area contributed by atoms with Gasteiger partial charge in [-0.05, 0) is 49.8 Å². The van der Waals surface area contributed by atoms with Gasteiger partial charge in [0.15, 0.2) is 0 Å². The number of allylic oxidation sites excluding steroid dienone is 1. The van der Waals surface area contributed by atoms with Crippen molar-refractivity contribution < 1.29 is 14.3 Å². The zero-order valence-corrected chi connectivity index (χ0v) is 16.4. The Balaban J connectivity index is 1.62. The fraction of sp³-hybridized carbons (Fsp3) is 0.591. The van der Waals surface area contributed by atoms with E-state index in [4.69, 9.17) is 9.47 Å². The molecule has 1 aliphatic heterocycles. The summed E-state index contributed by atoms with van der Waals surface area (Å²) in [6.07, 6.45) is 8.79. The van der Waals surface area contributed by atoms with E-state index in [1.54, 1.807) is 7.11 Å². The van der Waals surface area contributed by atoms with Crippen molar-refractivity contribution in [1.29, 1.82) is 0 Å². The maximum Gasteiger partial charge on any atom is 0.224 e. The third-order valence-electron chi connectivity index (χ3n) is 5.39. The molecule has 1 amide bonds. The van der Waals surface area contributed by atoms with Crippen molar-refractivity contribution in [2.24, 2.45) is 0 Å². The highest BCUT2D eigenvalue weighted by atomic mass is 16.5. The van der Waals surface area contributed by atoms with Gasteiger partial charge in [0, 0.05) is 32.1 Å². The molecule has 148 valence electrons. The van der Waals surface area contributed by atoms with Gasteiger partial charge >= 0.3 is 0 Å². The number of methoxy groups -OCH3 is 1. The van der Waals surface area contributed by atoms with Crippen LogP contribution in [-0.4, -0.2) is 50.3 Å². The SMILES string of the molecule is COc1ccc(CN(CCC2=CCCCC2)C(=O)C[C@@H]2COCCN2)cc1. The van der Waals surface area contributed by atoms with Gasteiger partial charge in [0.1, 0.15) is 5.75 Å². The van der Waals surface area contributed by atoms with Crippen molar-refractivity contribution >= 4 is 5.91 Å². The lowest BCUT2D eigenvalue weighted by Gasteiger charge is -2.28. The highest BCUT2D eigenvalue weighted by Crippen LogP contribution is 2.21. The largest absolute Gasteiger partial charge is 0.497 e. The van der Waals surface area contributed by atoms with E-state index in [1.165, 1.54) is 31.3 Å². The maximum absolute atomic E-state index is 13.0. The Morgan fingerprint density at radius 3 is 2.81 bits per heavy atom. The van der Waals surface area contributed by atoms with Gasteiger partial charge < -0.3 is 19.7 Å². The molecule has 0 aromatic heterocycles. The third-order valence-corrected chi connectivity index (χ3v) is 5.39. The van der Waals surface area contributed by atoms with Gasteiger partial charge in [-0.25, -0.2) is 0 Å². The van der Waals surface area contributed by atoms with Crippen LogP contribution in [0.1, 0.15) is 44.1 Å². The van der Waals surface area contributed by atoms with Crippen molar-refractivity contribution in [2.45, 2.75) is 51.1 Å². The number of nitrogens with one attached hydrogen (secondary N) is 1. The summed E-state index contributed by atoms with van der Waals surface area (Å²) >= 11 is 0. The molecule has 0 unspecified atom stereocenters. The number of hydrogen-bond donors (Lipinski definition) is 1. The average Bonchev–Trinajstić information content (AvgIpc) is 2.73. The first-order valence-corrected chi connectivity index (χ1v) is 10.1. The molecular formula is C22H32N2O3. The molecule has 2 aliphatic rings. The Kier molecular flexibility index (Phi) is 7.72. The molecular weight excluding hydrogens is 340 g/mol. The van der Waals surface area contributed by atoms with Gasteiger partial charge in [0.05, 0.1) is 20.3 Å². The van der Waals surface area contributed by atoms with E-state index in [-0.39, 0.29) is 11.9 Å². The lowest BCUT2D eigenvalue weighted by molar-refractivity contribution is -0.133. The van der Waals surface area contributed by atoms with Crippen LogP contribution in [0.3, 0.4) is 0 Å². The number of rotatable bonds is 8. The van der Waals surface area contributed by atoms with Gasteiger partial charge in [-0.3, -0.25) is 4.79 Å². The van der Waals surface area contributed by atoms with Crippen LogP contribution in [0.15, 0.2) is 35.9 Å². The van der Waals surface area contributed by atoms with Crippen LogP contribution in [0.5, 0.6) is 5.75 Å². The summed E-state index contributed by atoms with van der Waals surface area (Å²) < 4.78 is 10.7. The van der Waals surface area contributed by atoms with Gasteiger partial charge in [0.25, 0.3) is 0 Å². The Morgan fingerprint density at radius 2 is 2.15 bits per heavy atom. The highest BCUT2D eigenvalue weighted by molar-refractivity contribution is 5.77. The number of carbonyl (C=O) groups excluding carboxylic acids is 1. The molecule has 0 bridgehead atoms. The van der Waals surface area contributed by atoms with E-state index in [1.807, 2.05) is 29.2 Å². The van der Waals surface area contributed by atoms with E-state index < -0.39 is 0 Å². The van der Waals surface area contributed by atoms with Crippen molar-refractivity contribution in [3.05, 3.63) is 41.5 Å². The summed E-state index contributed by atoms with van der Waals surface area (Å²) in [5.74, 6) is 1.04. The Hall–Kier alpha value is -1.85. The molecule has 27 heavy (non-hydrogen) atoms. The van der Waals surface area contributed by atoms with Crippen molar-refractivity contribution in [2.75, 3.05) is 33.4 Å². The summed E-state index contributed by atoms with van der Waals surface area (Å²) in [6.45, 7) is 3.60. The molecule has 1 atom stereocenters. The summed E-state index contributed by atoms with van der Waals surface area (Å²) in [6, 6.07) is 8.12. The molecule has 1 aromatic rings. The Labute approximate surface area is 162 Å². The monoisotopic (exact) mass is 372 g/mol. The van der Waals surface area contributed by atoms with Crippen LogP contribution in [0.4, 0.5) is 0 Å². The summed E-state index contributed by atoms with van der Waals surface area (Å²) in [5, 5.41) is 3.39. The Morgan fingerprint density at radius 1 is 1.30 bits per heavy atom. The van der Waals surface area contributed by atoms with Crippen molar-refractivity contribution in [3.8, 4) is 5.75 Å². The van der Waals surface area contributed by atoms with Crippen LogP contribution in [-0.2, 0) is 16.1 Å². The predicted molar refractivity (Wildman–Crippen MR) is 107 cm³/mol. The van der Waals surface area contributed by atoms with E-state index >= 15 is 0 Å². The lowest BCUT2D eigenvalue weighted by Crippen LogP contribution is -2.45. The molecule has 1 aliphatic carbocycles. The Bertz CT molecular complexity index is 621. The number of amides is 1. The minimum atomic E-state index is 0.124.